The zero-order valence-corrected chi connectivity index (χ0v) is 12.6. The lowest BCUT2D eigenvalue weighted by atomic mass is 10.2. The summed E-state index contributed by atoms with van der Waals surface area (Å²) in [5.74, 6) is 0.0683. The van der Waals surface area contributed by atoms with Gasteiger partial charge < -0.3 is 5.32 Å². The topological polar surface area (TPSA) is 80.9 Å². The van der Waals surface area contributed by atoms with Gasteiger partial charge in [0.1, 0.15) is 5.69 Å². The fourth-order valence-corrected chi connectivity index (χ4v) is 2.37. The molecular formula is C13H16N4O2S. The van der Waals surface area contributed by atoms with Crippen molar-refractivity contribution in [2.24, 2.45) is 0 Å². The Balaban J connectivity index is 2.14. The van der Waals surface area contributed by atoms with Crippen LogP contribution in [0.25, 0.3) is 0 Å². The van der Waals surface area contributed by atoms with Crippen LogP contribution in [0.15, 0.2) is 28.0 Å². The molecule has 0 fully saturated rings. The molecule has 6 nitrogen and oxygen atoms in total. The first-order chi connectivity index (χ1) is 9.35. The summed E-state index contributed by atoms with van der Waals surface area (Å²) in [6, 6.07) is 3.42. The van der Waals surface area contributed by atoms with E-state index < -0.39 is 0 Å². The Morgan fingerprint density at radius 3 is 2.70 bits per heavy atom. The van der Waals surface area contributed by atoms with Crippen molar-refractivity contribution < 1.29 is 9.42 Å². The fraction of sp³-hybridized carbons (Fsp3) is 0.385. The Labute approximate surface area is 121 Å². The lowest BCUT2D eigenvalue weighted by molar-refractivity contribution is 0.102. The Hall–Kier alpha value is -1.89. The Morgan fingerprint density at radius 2 is 2.10 bits per heavy atom. The van der Waals surface area contributed by atoms with E-state index in [0.717, 1.165) is 5.03 Å². The lowest BCUT2D eigenvalue weighted by Crippen LogP contribution is -2.14. The van der Waals surface area contributed by atoms with E-state index >= 15 is 0 Å². The van der Waals surface area contributed by atoms with Crippen molar-refractivity contribution in [3.8, 4) is 0 Å². The summed E-state index contributed by atoms with van der Waals surface area (Å²) in [4.78, 5) is 16.4. The molecule has 2 aromatic heterocycles. The third kappa shape index (κ3) is 3.80. The average molecular weight is 292 g/mol. The van der Waals surface area contributed by atoms with Gasteiger partial charge in [-0.15, -0.1) is 11.8 Å². The molecule has 0 unspecified atom stereocenters. The van der Waals surface area contributed by atoms with Crippen LogP contribution in [0.5, 0.6) is 0 Å². The third-order valence-electron chi connectivity index (χ3n) is 2.29. The molecule has 0 aliphatic rings. The van der Waals surface area contributed by atoms with Gasteiger partial charge in [-0.2, -0.15) is 0 Å². The molecule has 2 rings (SSSR count). The third-order valence-corrected chi connectivity index (χ3v) is 3.34. The molecule has 20 heavy (non-hydrogen) atoms. The van der Waals surface area contributed by atoms with Crippen LogP contribution in [-0.2, 0) is 0 Å². The Morgan fingerprint density at radius 1 is 1.35 bits per heavy atom. The van der Waals surface area contributed by atoms with Gasteiger partial charge in [0.25, 0.3) is 5.91 Å². The number of carbonyl (C=O) groups excluding carboxylic acids is 1. The summed E-state index contributed by atoms with van der Waals surface area (Å²) in [7, 11) is 0. The molecule has 0 aliphatic heterocycles. The van der Waals surface area contributed by atoms with Crippen LogP contribution in [-0.4, -0.2) is 26.0 Å². The molecule has 0 atom stereocenters. The van der Waals surface area contributed by atoms with Crippen molar-refractivity contribution in [2.45, 2.75) is 37.5 Å². The van der Waals surface area contributed by atoms with Crippen LogP contribution in [0.3, 0.4) is 0 Å². The van der Waals surface area contributed by atoms with E-state index in [2.05, 4.69) is 46.0 Å². The second kappa shape index (κ2) is 5.62. The molecule has 0 saturated heterocycles. The Kier molecular flexibility index (Phi) is 4.08. The fourth-order valence-electron chi connectivity index (χ4n) is 1.44. The van der Waals surface area contributed by atoms with Gasteiger partial charge in [0, 0.05) is 16.5 Å². The van der Waals surface area contributed by atoms with Crippen molar-refractivity contribution in [3.05, 3.63) is 29.6 Å². The number of hydrogen-bond donors (Lipinski definition) is 1. The quantitative estimate of drug-likeness (QED) is 0.876. The number of amides is 1. The number of pyridine rings is 1. The maximum Gasteiger partial charge on any atom is 0.257 e. The van der Waals surface area contributed by atoms with Crippen molar-refractivity contribution in [1.29, 1.82) is 0 Å². The molecule has 7 heteroatoms. The molecule has 106 valence electrons. The van der Waals surface area contributed by atoms with Crippen molar-refractivity contribution in [2.75, 3.05) is 5.32 Å². The van der Waals surface area contributed by atoms with Gasteiger partial charge in [-0.05, 0) is 24.2 Å². The molecule has 1 amide bonds. The smallest absolute Gasteiger partial charge is 0.257 e. The summed E-state index contributed by atoms with van der Waals surface area (Å²) >= 11 is 1.61. The van der Waals surface area contributed by atoms with E-state index in [-0.39, 0.29) is 10.7 Å². The van der Waals surface area contributed by atoms with Crippen LogP contribution >= 0.6 is 11.8 Å². The number of carbonyl (C=O) groups is 1. The number of aromatic nitrogens is 3. The first-order valence-electron chi connectivity index (χ1n) is 6.11. The monoisotopic (exact) mass is 292 g/mol. The van der Waals surface area contributed by atoms with Crippen LogP contribution in [0.1, 0.15) is 36.8 Å². The molecule has 0 saturated carbocycles. The van der Waals surface area contributed by atoms with E-state index in [0.29, 0.717) is 17.1 Å². The first kappa shape index (κ1) is 14.5. The first-order valence-corrected chi connectivity index (χ1v) is 6.92. The SMILES string of the molecule is Cc1nonc1NC(=O)c1ccnc(SC(C)(C)C)c1. The van der Waals surface area contributed by atoms with Gasteiger partial charge in [0.05, 0.1) is 5.03 Å². The molecule has 0 spiro atoms. The molecule has 0 aliphatic carbocycles. The highest BCUT2D eigenvalue weighted by Gasteiger charge is 2.16. The predicted molar refractivity (Wildman–Crippen MR) is 76.8 cm³/mol. The van der Waals surface area contributed by atoms with E-state index in [4.69, 9.17) is 0 Å². The normalized spacial score (nSPS) is 11.4. The summed E-state index contributed by atoms with van der Waals surface area (Å²) in [5.41, 5.74) is 1.06. The molecular weight excluding hydrogens is 276 g/mol. The van der Waals surface area contributed by atoms with Gasteiger partial charge in [0.15, 0.2) is 0 Å². The van der Waals surface area contributed by atoms with Gasteiger partial charge in [0.2, 0.25) is 5.82 Å². The van der Waals surface area contributed by atoms with Crippen molar-refractivity contribution >= 4 is 23.5 Å². The molecule has 1 N–H and O–H groups in total. The molecule has 0 aromatic carbocycles. The number of nitrogens with one attached hydrogen (secondary N) is 1. The molecule has 0 bridgehead atoms. The minimum absolute atomic E-state index is 0.0364. The zero-order chi connectivity index (χ0) is 14.8. The summed E-state index contributed by atoms with van der Waals surface area (Å²) in [6.45, 7) is 7.99. The lowest BCUT2D eigenvalue weighted by Gasteiger charge is -2.16. The maximum absolute atomic E-state index is 12.1. The number of anilines is 1. The largest absolute Gasteiger partial charge is 0.302 e. The second-order valence-corrected chi connectivity index (χ2v) is 7.10. The van der Waals surface area contributed by atoms with E-state index in [1.807, 2.05) is 0 Å². The molecule has 2 heterocycles. The standard InChI is InChI=1S/C13H16N4O2S/c1-8-11(17-19-16-8)15-12(18)9-5-6-14-10(7-9)20-13(2,3)4/h5-7H,1-4H3,(H,15,17,18). The van der Waals surface area contributed by atoms with Crippen molar-refractivity contribution in [1.82, 2.24) is 15.3 Å². The van der Waals surface area contributed by atoms with Gasteiger partial charge in [-0.3, -0.25) is 4.79 Å². The van der Waals surface area contributed by atoms with Crippen LogP contribution in [0.4, 0.5) is 5.82 Å². The average Bonchev–Trinajstić information content (AvgIpc) is 2.73. The summed E-state index contributed by atoms with van der Waals surface area (Å²) < 4.78 is 4.58. The molecule has 0 radical (unpaired) electrons. The van der Waals surface area contributed by atoms with Crippen LogP contribution in [0, 0.1) is 6.92 Å². The predicted octanol–water partition coefficient (Wildman–Crippen LogP) is 2.92. The van der Waals surface area contributed by atoms with Gasteiger partial charge in [-0.25, -0.2) is 9.61 Å². The maximum atomic E-state index is 12.1. The number of hydrogen-bond acceptors (Lipinski definition) is 6. The van der Waals surface area contributed by atoms with E-state index in [1.54, 1.807) is 37.0 Å². The van der Waals surface area contributed by atoms with Crippen LogP contribution < -0.4 is 5.32 Å². The highest BCUT2D eigenvalue weighted by atomic mass is 32.2. The molecule has 2 aromatic rings. The van der Waals surface area contributed by atoms with Crippen molar-refractivity contribution in [3.63, 3.8) is 0 Å². The van der Waals surface area contributed by atoms with E-state index in [1.165, 1.54) is 0 Å². The highest BCUT2D eigenvalue weighted by Crippen LogP contribution is 2.30. The van der Waals surface area contributed by atoms with E-state index in [9.17, 15) is 4.79 Å². The minimum atomic E-state index is -0.262. The number of thioether (sulfide) groups is 1. The highest BCUT2D eigenvalue weighted by molar-refractivity contribution is 8.00. The summed E-state index contributed by atoms with van der Waals surface area (Å²) in [6.07, 6.45) is 1.62. The minimum Gasteiger partial charge on any atom is -0.302 e. The second-order valence-electron chi connectivity index (χ2n) is 5.25. The van der Waals surface area contributed by atoms with Gasteiger partial charge >= 0.3 is 0 Å². The Bertz CT molecular complexity index is 619. The number of nitrogens with zero attached hydrogens (tertiary/aromatic N) is 3. The summed E-state index contributed by atoms with van der Waals surface area (Å²) in [5, 5.41) is 10.7. The van der Waals surface area contributed by atoms with Gasteiger partial charge in [-0.1, -0.05) is 25.9 Å². The number of aryl methyl sites for hydroxylation is 1. The number of rotatable bonds is 3. The zero-order valence-electron chi connectivity index (χ0n) is 11.8. The van der Waals surface area contributed by atoms with Crippen LogP contribution in [0.2, 0.25) is 0 Å².